The van der Waals surface area contributed by atoms with Crippen molar-refractivity contribution in [1.82, 2.24) is 9.97 Å². The van der Waals surface area contributed by atoms with Crippen molar-refractivity contribution in [2.45, 2.75) is 0 Å². The van der Waals surface area contributed by atoms with Crippen LogP contribution >= 0.6 is 11.3 Å². The molecule has 0 aliphatic carbocycles. The Balaban J connectivity index is 2.88. The third-order valence-corrected chi connectivity index (χ3v) is 2.05. The first-order valence-electron chi connectivity index (χ1n) is 2.82. The number of nitrogen functional groups attached to an aromatic ring is 1. The molecule has 2 aromatic heterocycles. The van der Waals surface area contributed by atoms with Gasteiger partial charge in [-0.3, -0.25) is 4.98 Å². The summed E-state index contributed by atoms with van der Waals surface area (Å²) in [5.41, 5.74) is 6.41. The van der Waals surface area contributed by atoms with Gasteiger partial charge in [0.05, 0.1) is 5.00 Å². The third-order valence-electron chi connectivity index (χ3n) is 1.18. The number of thiophene rings is 1. The Hall–Kier alpha value is -1.16. The van der Waals surface area contributed by atoms with Crippen LogP contribution in [0.4, 0.5) is 5.00 Å². The van der Waals surface area contributed by atoms with Crippen LogP contribution in [0, 0.1) is 0 Å². The number of hydrogen-bond donors (Lipinski definition) is 1. The Labute approximate surface area is 61.5 Å². The van der Waals surface area contributed by atoms with E-state index >= 15 is 0 Å². The molecule has 2 N–H and O–H groups in total. The molecule has 3 nitrogen and oxygen atoms in total. The number of fused-ring (bicyclic) bond motifs is 1. The van der Waals surface area contributed by atoms with Gasteiger partial charge in [-0.05, 0) is 0 Å². The Morgan fingerprint density at radius 1 is 1.30 bits per heavy atom. The average Bonchev–Trinajstić information content (AvgIpc) is 2.27. The Bertz CT molecular complexity index is 322. The van der Waals surface area contributed by atoms with Gasteiger partial charge in [0.1, 0.15) is 10.3 Å². The summed E-state index contributed by atoms with van der Waals surface area (Å²) in [4.78, 5) is 9.05. The molecule has 0 saturated carbocycles. The lowest BCUT2D eigenvalue weighted by atomic mass is 10.5. The van der Waals surface area contributed by atoms with Crippen molar-refractivity contribution in [2.75, 3.05) is 5.73 Å². The first kappa shape index (κ1) is 5.61. The first-order chi connectivity index (χ1) is 4.86. The molecule has 0 fully saturated rings. The summed E-state index contributed by atoms with van der Waals surface area (Å²) in [7, 11) is 0. The quantitative estimate of drug-likeness (QED) is 0.617. The maximum atomic E-state index is 5.53. The van der Waals surface area contributed by atoms with Crippen LogP contribution in [0.3, 0.4) is 0 Å². The molecular formula is C6H5N3S. The SMILES string of the molecule is Nc1cc2nccnc2s1. The van der Waals surface area contributed by atoms with Crippen molar-refractivity contribution in [1.29, 1.82) is 0 Å². The molecule has 2 heterocycles. The summed E-state index contributed by atoms with van der Waals surface area (Å²) in [6.07, 6.45) is 3.33. The highest BCUT2D eigenvalue weighted by Crippen LogP contribution is 2.22. The van der Waals surface area contributed by atoms with E-state index in [1.807, 2.05) is 6.07 Å². The van der Waals surface area contributed by atoms with E-state index in [0.717, 1.165) is 15.3 Å². The van der Waals surface area contributed by atoms with Crippen molar-refractivity contribution in [3.63, 3.8) is 0 Å². The second-order valence-electron chi connectivity index (χ2n) is 1.90. The Morgan fingerprint density at radius 2 is 2.10 bits per heavy atom. The smallest absolute Gasteiger partial charge is 0.143 e. The summed E-state index contributed by atoms with van der Waals surface area (Å²) in [5.74, 6) is 0. The van der Waals surface area contributed by atoms with Crippen LogP contribution in [0.1, 0.15) is 0 Å². The van der Waals surface area contributed by atoms with E-state index in [2.05, 4.69) is 9.97 Å². The zero-order valence-corrected chi connectivity index (χ0v) is 5.93. The normalized spacial score (nSPS) is 10.4. The lowest BCUT2D eigenvalue weighted by molar-refractivity contribution is 1.32. The molecular weight excluding hydrogens is 146 g/mol. The standard InChI is InChI=1S/C6H5N3S/c7-5-3-4-6(10-5)9-2-1-8-4/h1-3H,7H2. The van der Waals surface area contributed by atoms with Gasteiger partial charge < -0.3 is 5.73 Å². The lowest BCUT2D eigenvalue weighted by Crippen LogP contribution is -1.74. The summed E-state index contributed by atoms with van der Waals surface area (Å²) in [6, 6.07) is 1.83. The molecule has 2 rings (SSSR count). The minimum atomic E-state index is 0.765. The predicted octanol–water partition coefficient (Wildman–Crippen LogP) is 1.27. The molecule has 0 aliphatic rings. The topological polar surface area (TPSA) is 51.8 Å². The van der Waals surface area contributed by atoms with Gasteiger partial charge in [0.15, 0.2) is 0 Å². The molecule has 0 spiro atoms. The molecule has 0 amide bonds. The number of anilines is 1. The summed E-state index contributed by atoms with van der Waals surface area (Å²) >= 11 is 1.46. The molecule has 0 unspecified atom stereocenters. The van der Waals surface area contributed by atoms with Crippen LogP contribution in [0.2, 0.25) is 0 Å². The molecule has 0 aliphatic heterocycles. The van der Waals surface area contributed by atoms with Gasteiger partial charge in [-0.15, -0.1) is 0 Å². The number of hydrogen-bond acceptors (Lipinski definition) is 4. The van der Waals surface area contributed by atoms with E-state index in [1.54, 1.807) is 12.4 Å². The fraction of sp³-hybridized carbons (Fsp3) is 0. The predicted molar refractivity (Wildman–Crippen MR) is 41.8 cm³/mol. The van der Waals surface area contributed by atoms with Crippen LogP contribution in [0.25, 0.3) is 10.3 Å². The van der Waals surface area contributed by atoms with Gasteiger partial charge in [-0.1, -0.05) is 11.3 Å². The number of rotatable bonds is 0. The molecule has 0 atom stereocenters. The molecule has 0 aromatic carbocycles. The maximum Gasteiger partial charge on any atom is 0.143 e. The van der Waals surface area contributed by atoms with Gasteiger partial charge in [-0.2, -0.15) is 0 Å². The van der Waals surface area contributed by atoms with Gasteiger partial charge in [0, 0.05) is 18.5 Å². The van der Waals surface area contributed by atoms with E-state index in [-0.39, 0.29) is 0 Å². The molecule has 10 heavy (non-hydrogen) atoms. The zero-order valence-electron chi connectivity index (χ0n) is 5.11. The number of aromatic nitrogens is 2. The van der Waals surface area contributed by atoms with Crippen LogP contribution in [-0.4, -0.2) is 9.97 Å². The Kier molecular flexibility index (Phi) is 1.07. The molecule has 50 valence electrons. The highest BCUT2D eigenvalue weighted by Gasteiger charge is 1.97. The molecule has 0 saturated heterocycles. The zero-order chi connectivity index (χ0) is 6.97. The first-order valence-corrected chi connectivity index (χ1v) is 3.64. The van der Waals surface area contributed by atoms with E-state index in [4.69, 9.17) is 5.73 Å². The van der Waals surface area contributed by atoms with Crippen molar-refractivity contribution in [3.05, 3.63) is 18.5 Å². The summed E-state index contributed by atoms with van der Waals surface area (Å²) in [6.45, 7) is 0. The highest BCUT2D eigenvalue weighted by molar-refractivity contribution is 7.22. The van der Waals surface area contributed by atoms with E-state index < -0.39 is 0 Å². The molecule has 0 bridgehead atoms. The van der Waals surface area contributed by atoms with Crippen molar-refractivity contribution < 1.29 is 0 Å². The van der Waals surface area contributed by atoms with Crippen LogP contribution < -0.4 is 5.73 Å². The lowest BCUT2D eigenvalue weighted by Gasteiger charge is -1.80. The Morgan fingerprint density at radius 3 is 2.90 bits per heavy atom. The van der Waals surface area contributed by atoms with E-state index in [9.17, 15) is 0 Å². The molecule has 0 radical (unpaired) electrons. The monoisotopic (exact) mass is 151 g/mol. The summed E-state index contributed by atoms with van der Waals surface area (Å²) in [5, 5.41) is 0.765. The molecule has 4 heteroatoms. The number of nitrogens with two attached hydrogens (primary N) is 1. The molecule has 2 aromatic rings. The fourth-order valence-corrected chi connectivity index (χ4v) is 1.51. The second kappa shape index (κ2) is 1.91. The second-order valence-corrected chi connectivity index (χ2v) is 2.96. The van der Waals surface area contributed by atoms with Gasteiger partial charge in [0.25, 0.3) is 0 Å². The van der Waals surface area contributed by atoms with Crippen LogP contribution in [0.5, 0.6) is 0 Å². The minimum Gasteiger partial charge on any atom is -0.390 e. The maximum absolute atomic E-state index is 5.53. The third kappa shape index (κ3) is 0.733. The summed E-state index contributed by atoms with van der Waals surface area (Å²) < 4.78 is 0. The highest BCUT2D eigenvalue weighted by atomic mass is 32.1. The van der Waals surface area contributed by atoms with Crippen molar-refractivity contribution >= 4 is 26.7 Å². The fourth-order valence-electron chi connectivity index (χ4n) is 0.790. The van der Waals surface area contributed by atoms with E-state index in [1.165, 1.54) is 11.3 Å². The van der Waals surface area contributed by atoms with Gasteiger partial charge in [0.2, 0.25) is 0 Å². The van der Waals surface area contributed by atoms with Crippen LogP contribution in [-0.2, 0) is 0 Å². The van der Waals surface area contributed by atoms with Gasteiger partial charge >= 0.3 is 0 Å². The largest absolute Gasteiger partial charge is 0.390 e. The van der Waals surface area contributed by atoms with Crippen molar-refractivity contribution in [3.8, 4) is 0 Å². The average molecular weight is 151 g/mol. The number of nitrogens with zero attached hydrogens (tertiary/aromatic N) is 2. The van der Waals surface area contributed by atoms with Gasteiger partial charge in [-0.25, -0.2) is 4.98 Å². The minimum absolute atomic E-state index is 0.765. The van der Waals surface area contributed by atoms with E-state index in [0.29, 0.717) is 0 Å². The van der Waals surface area contributed by atoms with Crippen LogP contribution in [0.15, 0.2) is 18.5 Å². The van der Waals surface area contributed by atoms with Crippen molar-refractivity contribution in [2.24, 2.45) is 0 Å².